The summed E-state index contributed by atoms with van der Waals surface area (Å²) < 4.78 is 51.6. The van der Waals surface area contributed by atoms with Gasteiger partial charge in [0.15, 0.2) is 0 Å². The van der Waals surface area contributed by atoms with Crippen molar-refractivity contribution in [1.29, 1.82) is 0 Å². The summed E-state index contributed by atoms with van der Waals surface area (Å²) in [5.74, 6) is -0.345. The number of nitrogens with zero attached hydrogens (tertiary/aromatic N) is 2. The highest BCUT2D eigenvalue weighted by Crippen LogP contribution is 2.31. The Morgan fingerprint density at radius 1 is 0.980 bits per heavy atom. The van der Waals surface area contributed by atoms with Crippen LogP contribution >= 0.6 is 0 Å². The van der Waals surface area contributed by atoms with Crippen molar-refractivity contribution in [2.24, 2.45) is 5.92 Å². The molecule has 1 fully saturated rings. The number of likely N-dealkylation sites (N-methyl/N-ethyl adjacent to an activating group) is 1. The minimum Gasteiger partial charge on any atom is -0.490 e. The predicted molar refractivity (Wildman–Crippen MR) is 189 cm³/mol. The summed E-state index contributed by atoms with van der Waals surface area (Å²) in [5, 5.41) is 18.7. The van der Waals surface area contributed by atoms with Gasteiger partial charge in [-0.15, -0.1) is 0 Å². The van der Waals surface area contributed by atoms with Crippen molar-refractivity contribution in [1.82, 2.24) is 15.1 Å². The summed E-state index contributed by atoms with van der Waals surface area (Å²) in [6.45, 7) is 5.93. The van der Waals surface area contributed by atoms with E-state index in [2.05, 4.69) is 16.0 Å². The first-order chi connectivity index (χ1) is 24.2. The highest BCUT2D eigenvalue weighted by molar-refractivity contribution is 5.99. The van der Waals surface area contributed by atoms with Crippen LogP contribution in [-0.4, -0.2) is 90.5 Å². The number of ether oxygens (including phenoxy) is 2. The quantitative estimate of drug-likeness (QED) is 0.241. The smallest absolute Gasteiger partial charge is 0.416 e. The van der Waals surface area contributed by atoms with Crippen LogP contribution in [0.25, 0.3) is 0 Å². The third-order valence-electron chi connectivity index (χ3n) is 9.51. The summed E-state index contributed by atoms with van der Waals surface area (Å²) in [6, 6.07) is 7.84. The van der Waals surface area contributed by atoms with E-state index in [1.807, 2.05) is 13.8 Å². The molecule has 1 saturated carbocycles. The van der Waals surface area contributed by atoms with E-state index in [0.29, 0.717) is 24.5 Å². The van der Waals surface area contributed by atoms with Crippen LogP contribution in [0.15, 0.2) is 42.5 Å². The van der Waals surface area contributed by atoms with Crippen molar-refractivity contribution < 1.29 is 42.1 Å². The zero-order chi connectivity index (χ0) is 37.1. The summed E-state index contributed by atoms with van der Waals surface area (Å²) >= 11 is 0. The molecular weight excluding hydrogens is 667 g/mol. The number of hydrogen-bond acceptors (Lipinski definition) is 6. The Balaban J connectivity index is 1.53. The molecule has 4 atom stereocenters. The number of nitrogens with one attached hydrogen (secondary N) is 3. The van der Waals surface area contributed by atoms with Crippen molar-refractivity contribution in [3.8, 4) is 5.75 Å². The third kappa shape index (κ3) is 11.7. The number of hydrogen-bond donors (Lipinski definition) is 4. The number of urea groups is 2. The number of aliphatic hydroxyl groups excluding tert-OH is 1. The van der Waals surface area contributed by atoms with Crippen LogP contribution in [0.3, 0.4) is 0 Å². The fourth-order valence-electron chi connectivity index (χ4n) is 6.38. The minimum absolute atomic E-state index is 0.106. The molecule has 0 spiro atoms. The molecule has 4 N–H and O–H groups in total. The van der Waals surface area contributed by atoms with Crippen molar-refractivity contribution in [3.63, 3.8) is 0 Å². The number of aliphatic hydroxyl groups is 1. The molecule has 0 radical (unpaired) electrons. The number of fused-ring (bicyclic) bond motifs is 1. The van der Waals surface area contributed by atoms with Gasteiger partial charge < -0.3 is 40.3 Å². The predicted octanol–water partition coefficient (Wildman–Crippen LogP) is 7.12. The molecule has 1 aliphatic carbocycles. The van der Waals surface area contributed by atoms with Crippen molar-refractivity contribution in [3.05, 3.63) is 53.6 Å². The van der Waals surface area contributed by atoms with E-state index < -0.39 is 35.8 Å². The maximum atomic E-state index is 14.4. The van der Waals surface area contributed by atoms with Gasteiger partial charge in [0.1, 0.15) is 5.75 Å². The molecule has 0 aromatic heterocycles. The molecule has 0 unspecified atom stereocenters. The molecule has 5 amide bonds. The maximum Gasteiger partial charge on any atom is 0.416 e. The second kappa shape index (κ2) is 18.5. The number of amides is 5. The van der Waals surface area contributed by atoms with Gasteiger partial charge in [-0.25, -0.2) is 9.59 Å². The van der Waals surface area contributed by atoms with Gasteiger partial charge in [0, 0.05) is 50.1 Å². The Bertz CT molecular complexity index is 1450. The first kappa shape index (κ1) is 39.7. The van der Waals surface area contributed by atoms with E-state index in [1.54, 1.807) is 37.1 Å². The van der Waals surface area contributed by atoms with Crippen LogP contribution in [0.4, 0.5) is 34.1 Å². The van der Waals surface area contributed by atoms with Crippen LogP contribution in [0.1, 0.15) is 88.1 Å². The van der Waals surface area contributed by atoms with Crippen LogP contribution in [0, 0.1) is 5.92 Å². The maximum absolute atomic E-state index is 14.4. The first-order valence-corrected chi connectivity index (χ1v) is 17.9. The zero-order valence-electron chi connectivity index (χ0n) is 29.9. The number of benzene rings is 2. The normalized spacial score (nSPS) is 21.8. The number of alkyl halides is 3. The summed E-state index contributed by atoms with van der Waals surface area (Å²) in [7, 11) is 1.56. The van der Waals surface area contributed by atoms with Crippen molar-refractivity contribution in [2.75, 3.05) is 44.0 Å². The van der Waals surface area contributed by atoms with Crippen molar-refractivity contribution >= 4 is 29.3 Å². The standard InChI is InChI=1S/C37H52F3N5O6/c1-24-21-45(25(2)23-46)34(47)31-20-30(42-35(48)41-28-11-6-5-7-12-28)17-18-32(31)51-26(3)10-8-9-19-50-33(24)22-44(4)36(49)43-29-15-13-27(14-16-29)37(38,39)40/h13-18,20,24-26,28,33,46H,5-12,19,21-23H2,1-4H3,(H,43,49)(H2,41,42,48)/t24-,25+,26+,33+/m0/s1. The molecule has 51 heavy (non-hydrogen) atoms. The molecule has 2 aromatic carbocycles. The highest BCUT2D eigenvalue weighted by Gasteiger charge is 2.32. The molecule has 0 bridgehead atoms. The number of rotatable bonds is 7. The van der Waals surface area contributed by atoms with E-state index in [-0.39, 0.29) is 55.0 Å². The topological polar surface area (TPSA) is 132 Å². The Morgan fingerprint density at radius 3 is 2.31 bits per heavy atom. The van der Waals surface area contributed by atoms with E-state index in [4.69, 9.17) is 9.47 Å². The molecule has 1 aliphatic heterocycles. The number of carbonyl (C=O) groups is 3. The lowest BCUT2D eigenvalue weighted by Gasteiger charge is -2.35. The van der Waals surface area contributed by atoms with Crippen molar-refractivity contribution in [2.45, 2.75) is 103 Å². The average molecular weight is 720 g/mol. The molecule has 11 nitrogen and oxygen atoms in total. The van der Waals surface area contributed by atoms with Crippen LogP contribution in [0.2, 0.25) is 0 Å². The molecule has 14 heteroatoms. The van der Waals surface area contributed by atoms with E-state index in [9.17, 15) is 32.7 Å². The molecule has 4 rings (SSSR count). The van der Waals surface area contributed by atoms with Crippen LogP contribution in [-0.2, 0) is 10.9 Å². The van der Waals surface area contributed by atoms with Gasteiger partial charge in [-0.2, -0.15) is 13.2 Å². The first-order valence-electron chi connectivity index (χ1n) is 17.9. The van der Waals surface area contributed by atoms with E-state index >= 15 is 0 Å². The summed E-state index contributed by atoms with van der Waals surface area (Å²) in [5.41, 5.74) is 0.0682. The molecule has 282 valence electrons. The fraction of sp³-hybridized carbons (Fsp3) is 0.595. The van der Waals surface area contributed by atoms with E-state index in [1.165, 1.54) is 17.0 Å². The summed E-state index contributed by atoms with van der Waals surface area (Å²) in [6.07, 6.45) is 2.12. The van der Waals surface area contributed by atoms with Gasteiger partial charge >= 0.3 is 18.2 Å². The Labute approximate surface area is 298 Å². The largest absolute Gasteiger partial charge is 0.490 e. The molecular formula is C37H52F3N5O6. The zero-order valence-corrected chi connectivity index (χ0v) is 29.9. The average Bonchev–Trinajstić information content (AvgIpc) is 3.09. The Morgan fingerprint density at radius 2 is 1.65 bits per heavy atom. The number of carbonyl (C=O) groups excluding carboxylic acids is 3. The van der Waals surface area contributed by atoms with Gasteiger partial charge in [0.2, 0.25) is 0 Å². The van der Waals surface area contributed by atoms with Gasteiger partial charge in [0.25, 0.3) is 5.91 Å². The third-order valence-corrected chi connectivity index (χ3v) is 9.51. The Hall–Kier alpha value is -4.04. The van der Waals surface area contributed by atoms with E-state index in [0.717, 1.165) is 57.1 Å². The second-order valence-corrected chi connectivity index (χ2v) is 13.8. The Kier molecular flexibility index (Phi) is 14.4. The van der Waals surface area contributed by atoms with Gasteiger partial charge in [-0.05, 0) is 88.4 Å². The number of halogens is 3. The highest BCUT2D eigenvalue weighted by atomic mass is 19.4. The van der Waals surface area contributed by atoms with Crippen LogP contribution < -0.4 is 20.7 Å². The van der Waals surface area contributed by atoms with Gasteiger partial charge in [0.05, 0.1) is 36.0 Å². The second-order valence-electron chi connectivity index (χ2n) is 13.8. The number of anilines is 2. The SMILES string of the molecule is C[C@@H]1CCCCO[C@H](CN(C)C(=O)Nc2ccc(C(F)(F)F)cc2)[C@@H](C)CN([C@H](C)CO)C(=O)c2cc(NC(=O)NC3CCCCC3)ccc2O1. The lowest BCUT2D eigenvalue weighted by Crippen LogP contribution is -2.48. The summed E-state index contributed by atoms with van der Waals surface area (Å²) in [4.78, 5) is 43.3. The molecule has 2 aliphatic rings. The lowest BCUT2D eigenvalue weighted by atomic mass is 9.96. The van der Waals surface area contributed by atoms with Gasteiger partial charge in [-0.3, -0.25) is 4.79 Å². The minimum atomic E-state index is -4.49. The van der Waals surface area contributed by atoms with Gasteiger partial charge in [-0.1, -0.05) is 26.2 Å². The lowest BCUT2D eigenvalue weighted by molar-refractivity contribution is -0.137. The molecule has 2 aromatic rings. The fourth-order valence-corrected chi connectivity index (χ4v) is 6.38. The molecule has 0 saturated heterocycles. The monoisotopic (exact) mass is 719 g/mol. The molecule has 1 heterocycles. The van der Waals surface area contributed by atoms with Crippen LogP contribution in [0.5, 0.6) is 5.75 Å².